The Labute approximate surface area is 253 Å². The molecule has 0 aliphatic carbocycles. The van der Waals surface area contributed by atoms with Crippen molar-refractivity contribution in [3.05, 3.63) is 122 Å². The summed E-state index contributed by atoms with van der Waals surface area (Å²) >= 11 is 9.14. The number of rotatable bonds is 1. The first kappa shape index (κ1) is 25.7. The van der Waals surface area contributed by atoms with Crippen molar-refractivity contribution in [1.82, 2.24) is 38.7 Å². The van der Waals surface area contributed by atoms with Crippen molar-refractivity contribution in [2.45, 2.75) is 0 Å². The van der Waals surface area contributed by atoms with Crippen LogP contribution in [-0.4, -0.2) is 38.7 Å². The van der Waals surface area contributed by atoms with Gasteiger partial charge in [-0.2, -0.15) is 14.6 Å². The van der Waals surface area contributed by atoms with Crippen LogP contribution in [-0.2, 0) is 0 Å². The van der Waals surface area contributed by atoms with Crippen LogP contribution in [0.2, 0.25) is 0 Å². The lowest BCUT2D eigenvalue weighted by Gasteiger charge is -2.04. The number of H-pyrrole nitrogens is 1. The highest BCUT2D eigenvalue weighted by Crippen LogP contribution is 2.25. The van der Waals surface area contributed by atoms with Crippen molar-refractivity contribution in [3.63, 3.8) is 0 Å². The van der Waals surface area contributed by atoms with Gasteiger partial charge in [0.1, 0.15) is 12.7 Å². The molecule has 0 radical (unpaired) electrons. The molecule has 8 rings (SSSR count). The Kier molecular flexibility index (Phi) is 7.44. The van der Waals surface area contributed by atoms with Crippen molar-refractivity contribution >= 4 is 88.1 Å². The normalized spacial score (nSPS) is 10.9. The summed E-state index contributed by atoms with van der Waals surface area (Å²) in [6.45, 7) is 0. The van der Waals surface area contributed by atoms with Crippen LogP contribution in [0.3, 0.4) is 0 Å². The zero-order valence-corrected chi connectivity index (χ0v) is 25.5. The van der Waals surface area contributed by atoms with Crippen molar-refractivity contribution < 1.29 is 0 Å². The van der Waals surface area contributed by atoms with Gasteiger partial charge in [0.25, 0.3) is 5.78 Å². The van der Waals surface area contributed by atoms with Crippen LogP contribution in [0.4, 0.5) is 0 Å². The van der Waals surface area contributed by atoms with Gasteiger partial charge in [0, 0.05) is 12.5 Å². The summed E-state index contributed by atoms with van der Waals surface area (Å²) in [5.41, 5.74) is 5.24. The minimum absolute atomic E-state index is 0.719. The molecular weight excluding hydrogens is 735 g/mol. The number of nitrogens with zero attached hydrogens (tertiary/aromatic N) is 7. The van der Waals surface area contributed by atoms with Gasteiger partial charge in [0.2, 0.25) is 5.78 Å². The molecule has 0 fully saturated rings. The van der Waals surface area contributed by atoms with Crippen molar-refractivity contribution in [2.24, 2.45) is 0 Å². The van der Waals surface area contributed by atoms with E-state index in [9.17, 15) is 0 Å². The van der Waals surface area contributed by atoms with Crippen molar-refractivity contribution in [2.75, 3.05) is 0 Å². The van der Waals surface area contributed by atoms with E-state index in [1.165, 1.54) is 3.57 Å². The number of benzene rings is 4. The number of para-hydroxylation sites is 4. The van der Waals surface area contributed by atoms with Crippen LogP contribution in [0.1, 0.15) is 0 Å². The van der Waals surface area contributed by atoms with Gasteiger partial charge in [-0.15, -0.1) is 0 Å². The third kappa shape index (κ3) is 5.34. The number of aromatic amines is 1. The van der Waals surface area contributed by atoms with E-state index >= 15 is 0 Å². The molecular formula is C28H19Br2IN8. The molecule has 192 valence electrons. The molecule has 39 heavy (non-hydrogen) atoms. The number of imidazole rings is 2. The summed E-state index contributed by atoms with van der Waals surface area (Å²) < 4.78 is 9.26. The lowest BCUT2D eigenvalue weighted by molar-refractivity contribution is 0.992. The van der Waals surface area contributed by atoms with Gasteiger partial charge in [0.05, 0.1) is 27.8 Å². The molecule has 0 bridgehead atoms. The fourth-order valence-electron chi connectivity index (χ4n) is 4.20. The number of hydrogen-bond acceptors (Lipinski definition) is 4. The third-order valence-electron chi connectivity index (χ3n) is 5.84. The Morgan fingerprint density at radius 3 is 2.18 bits per heavy atom. The molecule has 0 aliphatic heterocycles. The zero-order chi connectivity index (χ0) is 26.8. The Hall–Kier alpha value is -3.55. The molecule has 0 spiro atoms. The van der Waals surface area contributed by atoms with E-state index in [4.69, 9.17) is 0 Å². The molecule has 0 aliphatic rings. The highest BCUT2D eigenvalue weighted by atomic mass is 127. The van der Waals surface area contributed by atoms with E-state index in [2.05, 4.69) is 114 Å². The van der Waals surface area contributed by atoms with Crippen molar-refractivity contribution in [3.8, 4) is 5.69 Å². The summed E-state index contributed by atoms with van der Waals surface area (Å²) in [7, 11) is 0. The molecule has 8 aromatic rings. The summed E-state index contributed by atoms with van der Waals surface area (Å²) in [6.07, 6.45) is 3.21. The average Bonchev–Trinajstić information content (AvgIpc) is 3.70. The molecule has 4 aromatic heterocycles. The first-order valence-corrected chi connectivity index (χ1v) is 14.5. The number of nitrogens with one attached hydrogen (secondary N) is 1. The Balaban J connectivity index is 0.000000118. The molecule has 0 atom stereocenters. The first-order chi connectivity index (χ1) is 19.1. The molecule has 11 heteroatoms. The molecule has 4 aromatic carbocycles. The van der Waals surface area contributed by atoms with Gasteiger partial charge in [-0.3, -0.25) is 9.67 Å². The van der Waals surface area contributed by atoms with E-state index < -0.39 is 0 Å². The predicted octanol–water partition coefficient (Wildman–Crippen LogP) is 7.70. The highest BCUT2D eigenvalue weighted by molar-refractivity contribution is 14.1. The largest absolute Gasteiger partial charge is 0.280 e. The number of hydrogen-bond donors (Lipinski definition) is 1. The van der Waals surface area contributed by atoms with E-state index in [1.54, 1.807) is 12.7 Å². The quantitative estimate of drug-likeness (QED) is 0.174. The average molecular weight is 754 g/mol. The van der Waals surface area contributed by atoms with E-state index in [0.717, 1.165) is 48.3 Å². The van der Waals surface area contributed by atoms with Crippen LogP contribution in [0.15, 0.2) is 119 Å². The smallest absolute Gasteiger partial charge is 0.251 e. The number of halogens is 3. The highest BCUT2D eigenvalue weighted by Gasteiger charge is 2.13. The van der Waals surface area contributed by atoms with Gasteiger partial charge in [0.15, 0.2) is 0 Å². The molecule has 8 nitrogen and oxygen atoms in total. The van der Waals surface area contributed by atoms with Crippen LogP contribution in [0, 0.1) is 3.57 Å². The van der Waals surface area contributed by atoms with Crippen LogP contribution < -0.4 is 0 Å². The summed E-state index contributed by atoms with van der Waals surface area (Å²) in [5, 5.41) is 7.27. The van der Waals surface area contributed by atoms with Crippen LogP contribution >= 0.6 is 54.5 Å². The lowest BCUT2D eigenvalue weighted by atomic mass is 10.3. The molecule has 1 N–H and O–H groups in total. The molecule has 0 saturated carbocycles. The summed E-state index contributed by atoms with van der Waals surface area (Å²) in [6, 6.07) is 32.4. The van der Waals surface area contributed by atoms with Gasteiger partial charge >= 0.3 is 0 Å². The second kappa shape index (κ2) is 11.3. The second-order valence-corrected chi connectivity index (χ2v) is 11.4. The maximum absolute atomic E-state index is 4.36. The SMILES string of the molecule is Brc1cccc(-n2c3ccccc3n3ncnc23)c1.Brc1cccc(I)c1.c1ccc2c(c1)nc1nc[nH]n12. The molecule has 0 unspecified atom stereocenters. The van der Waals surface area contributed by atoms with Gasteiger partial charge in [-0.05, 0) is 83.3 Å². The first-order valence-electron chi connectivity index (χ1n) is 11.8. The standard InChI is InChI=1S/C14H9BrN4.C8H6N4.C6H4BrI/c15-10-4-3-5-11(8-10)18-12-6-1-2-7-13(12)19-14(18)16-9-17-19;1-2-4-7-6(3-1)11-8-9-5-10-12(7)8;7-5-2-1-3-6(8)4-5/h1-9H;1-5H,(H,9,10,11);1-4H. The van der Waals surface area contributed by atoms with Crippen LogP contribution in [0.5, 0.6) is 0 Å². The predicted molar refractivity (Wildman–Crippen MR) is 169 cm³/mol. The third-order valence-corrected chi connectivity index (χ3v) is 7.50. The lowest BCUT2D eigenvalue weighted by Crippen LogP contribution is -1.94. The van der Waals surface area contributed by atoms with Gasteiger partial charge < -0.3 is 0 Å². The Morgan fingerprint density at radius 1 is 0.718 bits per heavy atom. The van der Waals surface area contributed by atoms with Gasteiger partial charge in [-0.1, -0.05) is 68.3 Å². The summed E-state index contributed by atoms with van der Waals surface area (Å²) in [5.74, 6) is 1.54. The minimum atomic E-state index is 0.719. The fraction of sp³-hybridized carbons (Fsp3) is 0. The fourth-order valence-corrected chi connectivity index (χ4v) is 5.96. The summed E-state index contributed by atoms with van der Waals surface area (Å²) in [4.78, 5) is 12.7. The Bertz CT molecular complexity index is 2020. The van der Waals surface area contributed by atoms with E-state index in [1.807, 2.05) is 75.8 Å². The Morgan fingerprint density at radius 2 is 1.44 bits per heavy atom. The monoisotopic (exact) mass is 752 g/mol. The number of fused-ring (bicyclic) bond motifs is 6. The topological polar surface area (TPSA) is 81.1 Å². The van der Waals surface area contributed by atoms with Crippen molar-refractivity contribution in [1.29, 1.82) is 0 Å². The zero-order valence-electron chi connectivity index (χ0n) is 20.2. The second-order valence-electron chi connectivity index (χ2n) is 8.34. The van der Waals surface area contributed by atoms with E-state index in [-0.39, 0.29) is 0 Å². The number of aromatic nitrogens is 8. The molecule has 0 amide bonds. The van der Waals surface area contributed by atoms with E-state index in [0.29, 0.717) is 0 Å². The maximum Gasteiger partial charge on any atom is 0.251 e. The van der Waals surface area contributed by atoms with Gasteiger partial charge in [-0.25, -0.2) is 14.5 Å². The minimum Gasteiger partial charge on any atom is -0.280 e. The molecule has 4 heterocycles. The maximum atomic E-state index is 4.36. The van der Waals surface area contributed by atoms with Crippen LogP contribution in [0.25, 0.3) is 39.3 Å². The molecule has 0 saturated heterocycles.